The number of aryl methyl sites for hydroxylation is 2. The summed E-state index contributed by atoms with van der Waals surface area (Å²) in [5.74, 6) is 1.90. The lowest BCUT2D eigenvalue weighted by Crippen LogP contribution is -2.04. The van der Waals surface area contributed by atoms with Crippen LogP contribution in [0.3, 0.4) is 0 Å². The first-order valence-corrected chi connectivity index (χ1v) is 18.3. The van der Waals surface area contributed by atoms with Gasteiger partial charge in [0.15, 0.2) is 17.5 Å². The van der Waals surface area contributed by atoms with E-state index in [9.17, 15) is 0 Å². The molecule has 0 fully saturated rings. The Morgan fingerprint density at radius 1 is 0.423 bits per heavy atom. The van der Waals surface area contributed by atoms with Crippen molar-refractivity contribution in [3.63, 3.8) is 0 Å². The zero-order valence-electron chi connectivity index (χ0n) is 28.7. The Morgan fingerprint density at radius 3 is 1.65 bits per heavy atom. The van der Waals surface area contributed by atoms with Gasteiger partial charge in [-0.3, -0.25) is 0 Å². The molecule has 0 aliphatic heterocycles. The van der Waals surface area contributed by atoms with Crippen molar-refractivity contribution < 1.29 is 0 Å². The molecule has 0 N–H and O–H groups in total. The lowest BCUT2D eigenvalue weighted by atomic mass is 9.96. The largest absolute Gasteiger partial charge is 0.309 e. The fourth-order valence-corrected chi connectivity index (χ4v) is 8.66. The van der Waals surface area contributed by atoms with Gasteiger partial charge in [0.05, 0.1) is 16.7 Å². The smallest absolute Gasteiger partial charge is 0.166 e. The predicted molar refractivity (Wildman–Crippen MR) is 218 cm³/mol. The van der Waals surface area contributed by atoms with Gasteiger partial charge in [0.1, 0.15) is 0 Å². The van der Waals surface area contributed by atoms with Gasteiger partial charge in [-0.1, -0.05) is 120 Å². The molecule has 5 heteroatoms. The minimum absolute atomic E-state index is 0.626. The van der Waals surface area contributed by atoms with Crippen molar-refractivity contribution in [1.82, 2.24) is 19.5 Å². The molecule has 0 bridgehead atoms. The molecule has 0 atom stereocenters. The average Bonchev–Trinajstić information content (AvgIpc) is 3.73. The van der Waals surface area contributed by atoms with E-state index >= 15 is 0 Å². The number of hydrogen-bond donors (Lipinski definition) is 0. The van der Waals surface area contributed by atoms with E-state index in [4.69, 9.17) is 15.0 Å². The number of fused-ring (bicyclic) bond motifs is 6. The van der Waals surface area contributed by atoms with Crippen molar-refractivity contribution in [3.8, 4) is 51.0 Å². The Labute approximate surface area is 305 Å². The summed E-state index contributed by atoms with van der Waals surface area (Å²) in [6.45, 7) is 4.32. The molecule has 0 saturated heterocycles. The number of hydrogen-bond acceptors (Lipinski definition) is 4. The Kier molecular flexibility index (Phi) is 7.08. The SMILES string of the molecule is Cc1ccc2c(c1)c1cc(C)ccc1n2-c1ccc(-c2cccc3sc4ccccc4c23)cc1-c1nc(-c2ccccc2)nc(-c2ccccc2)n1. The monoisotopic (exact) mass is 684 g/mol. The zero-order valence-corrected chi connectivity index (χ0v) is 29.5. The summed E-state index contributed by atoms with van der Waals surface area (Å²) in [5, 5.41) is 5.01. The molecule has 7 aromatic carbocycles. The second kappa shape index (κ2) is 12.1. The fourth-order valence-electron chi connectivity index (χ4n) is 7.53. The molecule has 0 unspecified atom stereocenters. The van der Waals surface area contributed by atoms with Crippen LogP contribution in [0.4, 0.5) is 0 Å². The summed E-state index contributed by atoms with van der Waals surface area (Å²) in [6.07, 6.45) is 0. The van der Waals surface area contributed by atoms with E-state index in [1.807, 2.05) is 47.7 Å². The first-order valence-electron chi connectivity index (χ1n) is 17.5. The topological polar surface area (TPSA) is 43.6 Å². The van der Waals surface area contributed by atoms with Crippen LogP contribution in [0.5, 0.6) is 0 Å². The van der Waals surface area contributed by atoms with E-state index in [0.29, 0.717) is 17.5 Å². The van der Waals surface area contributed by atoms with Gasteiger partial charge in [0.2, 0.25) is 0 Å². The van der Waals surface area contributed by atoms with Crippen LogP contribution < -0.4 is 0 Å². The third-order valence-electron chi connectivity index (χ3n) is 9.97. The quantitative estimate of drug-likeness (QED) is 0.181. The highest BCUT2D eigenvalue weighted by atomic mass is 32.1. The summed E-state index contributed by atoms with van der Waals surface area (Å²) in [7, 11) is 0. The molecule has 0 spiro atoms. The summed E-state index contributed by atoms with van der Waals surface area (Å²) in [5.41, 5.74) is 10.9. The number of nitrogens with zero attached hydrogens (tertiary/aromatic N) is 4. The van der Waals surface area contributed by atoms with E-state index in [-0.39, 0.29) is 0 Å². The molecular formula is C47H32N4S. The summed E-state index contributed by atoms with van der Waals surface area (Å²) in [4.78, 5) is 15.6. The molecule has 4 nitrogen and oxygen atoms in total. The highest BCUT2D eigenvalue weighted by molar-refractivity contribution is 7.25. The van der Waals surface area contributed by atoms with Crippen molar-refractivity contribution in [2.45, 2.75) is 13.8 Å². The first kappa shape index (κ1) is 30.4. The van der Waals surface area contributed by atoms with Gasteiger partial charge in [-0.2, -0.15) is 0 Å². The van der Waals surface area contributed by atoms with Gasteiger partial charge < -0.3 is 4.57 Å². The van der Waals surface area contributed by atoms with Crippen LogP contribution in [0.15, 0.2) is 158 Å². The maximum atomic E-state index is 5.26. The number of thiophene rings is 1. The molecule has 3 heterocycles. The Bertz CT molecular complexity index is 2860. The fraction of sp³-hybridized carbons (Fsp3) is 0.0426. The van der Waals surface area contributed by atoms with Gasteiger partial charge in [-0.25, -0.2) is 15.0 Å². The van der Waals surface area contributed by atoms with Crippen LogP contribution in [0.2, 0.25) is 0 Å². The van der Waals surface area contributed by atoms with E-state index in [0.717, 1.165) is 39.0 Å². The standard InChI is InChI=1S/C47H32N4S/c1-29-20-23-39-36(26-29)37-27-30(2)21-24-40(37)51(39)41-25-22-33(34-17-11-19-43-44(34)35-16-9-10-18-42(35)52-43)28-38(41)47-49-45(31-12-5-3-6-13-31)48-46(50-47)32-14-7-4-8-15-32/h3-28H,1-2H3. The molecule has 0 radical (unpaired) electrons. The number of rotatable bonds is 5. The minimum Gasteiger partial charge on any atom is -0.309 e. The molecule has 52 heavy (non-hydrogen) atoms. The normalized spacial score (nSPS) is 11.7. The van der Waals surface area contributed by atoms with Crippen LogP contribution in [-0.4, -0.2) is 19.5 Å². The highest BCUT2D eigenvalue weighted by Gasteiger charge is 2.21. The molecule has 246 valence electrons. The Hall–Kier alpha value is -6.43. The summed E-state index contributed by atoms with van der Waals surface area (Å²) < 4.78 is 4.95. The molecule has 0 saturated carbocycles. The van der Waals surface area contributed by atoms with Crippen LogP contribution >= 0.6 is 11.3 Å². The third kappa shape index (κ3) is 5.01. The van der Waals surface area contributed by atoms with E-state index < -0.39 is 0 Å². The molecule has 3 aromatic heterocycles. The Balaban J connectivity index is 1.31. The maximum absolute atomic E-state index is 5.26. The van der Waals surface area contributed by atoms with E-state index in [2.05, 4.69) is 140 Å². The summed E-state index contributed by atoms with van der Waals surface area (Å²) in [6, 6.07) is 56.0. The first-order chi connectivity index (χ1) is 25.6. The van der Waals surface area contributed by atoms with Gasteiger partial charge in [-0.15, -0.1) is 11.3 Å². The van der Waals surface area contributed by atoms with Crippen molar-refractivity contribution in [2.24, 2.45) is 0 Å². The number of aromatic nitrogens is 4. The van der Waals surface area contributed by atoms with Crippen LogP contribution in [-0.2, 0) is 0 Å². The molecule has 0 aliphatic rings. The summed E-state index contributed by atoms with van der Waals surface area (Å²) >= 11 is 1.84. The zero-order chi connectivity index (χ0) is 34.8. The van der Waals surface area contributed by atoms with Gasteiger partial charge in [0.25, 0.3) is 0 Å². The molecule has 0 aliphatic carbocycles. The van der Waals surface area contributed by atoms with Crippen LogP contribution in [0, 0.1) is 13.8 Å². The molecular weight excluding hydrogens is 653 g/mol. The lowest BCUT2D eigenvalue weighted by molar-refractivity contribution is 1.06. The second-order valence-corrected chi connectivity index (χ2v) is 14.5. The lowest BCUT2D eigenvalue weighted by Gasteiger charge is -2.17. The van der Waals surface area contributed by atoms with E-state index in [1.165, 1.54) is 47.6 Å². The third-order valence-corrected chi connectivity index (χ3v) is 11.1. The van der Waals surface area contributed by atoms with Gasteiger partial charge in [-0.05, 0) is 73.5 Å². The van der Waals surface area contributed by atoms with Crippen molar-refractivity contribution >= 4 is 53.3 Å². The van der Waals surface area contributed by atoms with Crippen LogP contribution in [0.1, 0.15) is 11.1 Å². The second-order valence-electron chi connectivity index (χ2n) is 13.4. The molecule has 10 aromatic rings. The molecule has 0 amide bonds. The van der Waals surface area contributed by atoms with Gasteiger partial charge in [0, 0.05) is 47.6 Å². The minimum atomic E-state index is 0.626. The van der Waals surface area contributed by atoms with Crippen LogP contribution in [0.25, 0.3) is 93.0 Å². The van der Waals surface area contributed by atoms with Crippen molar-refractivity contribution in [3.05, 3.63) is 169 Å². The van der Waals surface area contributed by atoms with Crippen molar-refractivity contribution in [1.29, 1.82) is 0 Å². The maximum Gasteiger partial charge on any atom is 0.166 e. The molecule has 10 rings (SSSR count). The number of benzene rings is 7. The highest BCUT2D eigenvalue weighted by Crippen LogP contribution is 2.43. The predicted octanol–water partition coefficient (Wildman–Crippen LogP) is 12.6. The average molecular weight is 685 g/mol. The van der Waals surface area contributed by atoms with Gasteiger partial charge >= 0.3 is 0 Å². The Morgan fingerprint density at radius 2 is 1.00 bits per heavy atom. The van der Waals surface area contributed by atoms with E-state index in [1.54, 1.807) is 0 Å². The van der Waals surface area contributed by atoms with Crippen molar-refractivity contribution in [2.75, 3.05) is 0 Å².